The Morgan fingerprint density at radius 2 is 1.74 bits per heavy atom. The van der Waals surface area contributed by atoms with Gasteiger partial charge in [0.2, 0.25) is 17.7 Å². The van der Waals surface area contributed by atoms with Crippen LogP contribution in [-0.4, -0.2) is 71.5 Å². The maximum absolute atomic E-state index is 13.9. The van der Waals surface area contributed by atoms with Crippen LogP contribution in [-0.2, 0) is 25.7 Å². The van der Waals surface area contributed by atoms with Crippen LogP contribution in [0.2, 0.25) is 0 Å². The first-order valence-corrected chi connectivity index (χ1v) is 14.8. The van der Waals surface area contributed by atoms with E-state index in [2.05, 4.69) is 16.0 Å². The van der Waals surface area contributed by atoms with Crippen molar-refractivity contribution in [2.45, 2.75) is 78.1 Å². The van der Waals surface area contributed by atoms with Crippen LogP contribution in [0.4, 0.5) is 9.18 Å². The Balaban J connectivity index is 1.92. The minimum atomic E-state index is -0.766. The van der Waals surface area contributed by atoms with E-state index in [1.54, 1.807) is 55.6 Å². The summed E-state index contributed by atoms with van der Waals surface area (Å²) in [4.78, 5) is 53.1. The van der Waals surface area contributed by atoms with Crippen molar-refractivity contribution in [2.24, 2.45) is 11.8 Å². The minimum absolute atomic E-state index is 0.0279. The third-order valence-electron chi connectivity index (χ3n) is 6.43. The van der Waals surface area contributed by atoms with Gasteiger partial charge in [0.25, 0.3) is 0 Å². The number of likely N-dealkylation sites (tertiary alicyclic amines) is 1. The molecule has 39 heavy (non-hydrogen) atoms. The number of thioether (sulfide) groups is 1. The number of rotatable bonds is 11. The number of nitrogens with zero attached hydrogens (tertiary/aromatic N) is 1. The van der Waals surface area contributed by atoms with E-state index in [1.807, 2.05) is 20.1 Å². The third-order valence-corrected chi connectivity index (χ3v) is 7.08. The highest BCUT2D eigenvalue weighted by molar-refractivity contribution is 7.98. The highest BCUT2D eigenvalue weighted by Crippen LogP contribution is 2.20. The largest absolute Gasteiger partial charge is 0.444 e. The van der Waals surface area contributed by atoms with Crippen LogP contribution in [0, 0.1) is 17.7 Å². The Labute approximate surface area is 235 Å². The molecule has 0 radical (unpaired) electrons. The lowest BCUT2D eigenvalue weighted by Crippen LogP contribution is -2.54. The summed E-state index contributed by atoms with van der Waals surface area (Å²) in [6.07, 6.45) is 2.66. The molecule has 0 saturated carbocycles. The molecule has 0 spiro atoms. The molecule has 2 rings (SSSR count). The van der Waals surface area contributed by atoms with E-state index in [0.29, 0.717) is 43.7 Å². The minimum Gasteiger partial charge on any atom is -0.444 e. The van der Waals surface area contributed by atoms with Gasteiger partial charge in [-0.3, -0.25) is 14.4 Å². The number of hydrogen-bond acceptors (Lipinski definition) is 6. The molecule has 1 saturated heterocycles. The summed E-state index contributed by atoms with van der Waals surface area (Å²) in [6, 6.07) is 4.74. The average molecular weight is 567 g/mol. The maximum atomic E-state index is 13.9. The Morgan fingerprint density at radius 1 is 1.10 bits per heavy atom. The molecule has 0 unspecified atom stereocenters. The molecule has 0 aromatic heterocycles. The molecule has 0 aliphatic carbocycles. The molecule has 1 aliphatic rings. The predicted octanol–water partition coefficient (Wildman–Crippen LogP) is 3.47. The molecule has 1 fully saturated rings. The lowest BCUT2D eigenvalue weighted by atomic mass is 9.94. The zero-order chi connectivity index (χ0) is 29.2. The van der Waals surface area contributed by atoms with Crippen LogP contribution >= 0.6 is 11.8 Å². The normalized spacial score (nSPS) is 15.8. The number of hydrogen-bond donors (Lipinski definition) is 3. The second-order valence-corrected chi connectivity index (χ2v) is 12.1. The fourth-order valence-electron chi connectivity index (χ4n) is 4.27. The number of piperidine rings is 1. The van der Waals surface area contributed by atoms with Crippen LogP contribution in [0.5, 0.6) is 0 Å². The summed E-state index contributed by atoms with van der Waals surface area (Å²) < 4.78 is 19.2. The van der Waals surface area contributed by atoms with Gasteiger partial charge in [0.1, 0.15) is 23.5 Å². The number of carbonyl (C=O) groups excluding carboxylic acids is 4. The summed E-state index contributed by atoms with van der Waals surface area (Å²) >= 11 is 1.58. The van der Waals surface area contributed by atoms with Crippen molar-refractivity contribution in [1.29, 1.82) is 0 Å². The lowest BCUT2D eigenvalue weighted by molar-refractivity contribution is -0.138. The number of amides is 4. The van der Waals surface area contributed by atoms with E-state index < -0.39 is 29.6 Å². The average Bonchev–Trinajstić information content (AvgIpc) is 2.87. The molecule has 1 heterocycles. The first-order valence-electron chi connectivity index (χ1n) is 13.4. The van der Waals surface area contributed by atoms with Gasteiger partial charge in [0.05, 0.1) is 0 Å². The first-order chi connectivity index (χ1) is 18.3. The topological polar surface area (TPSA) is 117 Å². The molecule has 218 valence electrons. The van der Waals surface area contributed by atoms with E-state index in [0.717, 1.165) is 0 Å². The quantitative estimate of drug-likeness (QED) is 0.378. The fraction of sp³-hybridized carbons (Fsp3) is 0.643. The molecule has 0 bridgehead atoms. The van der Waals surface area contributed by atoms with Gasteiger partial charge in [-0.25, -0.2) is 9.18 Å². The second kappa shape index (κ2) is 15.1. The van der Waals surface area contributed by atoms with Crippen molar-refractivity contribution in [1.82, 2.24) is 20.9 Å². The van der Waals surface area contributed by atoms with E-state index in [9.17, 15) is 23.6 Å². The Morgan fingerprint density at radius 3 is 2.31 bits per heavy atom. The Kier molecular flexibility index (Phi) is 12.5. The molecule has 2 atom stereocenters. The van der Waals surface area contributed by atoms with Crippen molar-refractivity contribution in [3.63, 3.8) is 0 Å². The molecule has 1 aliphatic heterocycles. The number of ether oxygens (including phenoxy) is 1. The van der Waals surface area contributed by atoms with E-state index in [1.165, 1.54) is 6.07 Å². The van der Waals surface area contributed by atoms with E-state index in [-0.39, 0.29) is 36.1 Å². The molecule has 1 aromatic carbocycles. The Hall–Kier alpha value is -2.82. The van der Waals surface area contributed by atoms with Gasteiger partial charge in [0.15, 0.2) is 0 Å². The van der Waals surface area contributed by atoms with Crippen LogP contribution in [0.25, 0.3) is 0 Å². The highest BCUT2D eigenvalue weighted by Gasteiger charge is 2.34. The summed E-state index contributed by atoms with van der Waals surface area (Å²) in [6.45, 7) is 9.72. The predicted molar refractivity (Wildman–Crippen MR) is 150 cm³/mol. The van der Waals surface area contributed by atoms with Gasteiger partial charge in [0, 0.05) is 31.1 Å². The summed E-state index contributed by atoms with van der Waals surface area (Å²) in [7, 11) is 0. The molecular formula is C28H43FN4O5S. The van der Waals surface area contributed by atoms with Gasteiger partial charge >= 0.3 is 6.09 Å². The van der Waals surface area contributed by atoms with Crippen LogP contribution < -0.4 is 16.0 Å². The zero-order valence-electron chi connectivity index (χ0n) is 23.8. The van der Waals surface area contributed by atoms with E-state index in [4.69, 9.17) is 4.74 Å². The molecule has 1 aromatic rings. The van der Waals surface area contributed by atoms with Gasteiger partial charge in [-0.15, -0.1) is 0 Å². The number of benzene rings is 1. The van der Waals surface area contributed by atoms with Crippen molar-refractivity contribution in [3.05, 3.63) is 35.6 Å². The first kappa shape index (κ1) is 32.4. The second-order valence-electron chi connectivity index (χ2n) is 11.1. The lowest BCUT2D eigenvalue weighted by Gasteiger charge is -2.34. The smallest absolute Gasteiger partial charge is 0.408 e. The third kappa shape index (κ3) is 10.7. The Bertz CT molecular complexity index is 992. The molecule has 3 N–H and O–H groups in total. The summed E-state index contributed by atoms with van der Waals surface area (Å²) in [5.41, 5.74) is -0.306. The van der Waals surface area contributed by atoms with Crippen molar-refractivity contribution in [2.75, 3.05) is 25.1 Å². The van der Waals surface area contributed by atoms with Gasteiger partial charge in [-0.2, -0.15) is 11.8 Å². The zero-order valence-corrected chi connectivity index (χ0v) is 24.7. The molecule has 9 nitrogen and oxygen atoms in total. The van der Waals surface area contributed by atoms with E-state index >= 15 is 0 Å². The molecule has 11 heteroatoms. The summed E-state index contributed by atoms with van der Waals surface area (Å²) in [5, 5.41) is 8.28. The van der Waals surface area contributed by atoms with Crippen LogP contribution in [0.15, 0.2) is 24.3 Å². The number of halogens is 1. The monoisotopic (exact) mass is 566 g/mol. The molecule has 4 amide bonds. The fourth-order valence-corrected chi connectivity index (χ4v) is 4.74. The number of alkyl carbamates (subject to hydrolysis) is 1. The van der Waals surface area contributed by atoms with Gasteiger partial charge in [-0.05, 0) is 64.0 Å². The SMILES string of the molecule is CSCC[C@H](NC(=O)OC(C)(C)C)C(=O)N1CCC(C(=O)N[C@H](C(=O)NCc2ccccc2F)C(C)C)CC1. The van der Waals surface area contributed by atoms with Crippen molar-refractivity contribution >= 4 is 35.6 Å². The molecular weight excluding hydrogens is 523 g/mol. The maximum Gasteiger partial charge on any atom is 0.408 e. The van der Waals surface area contributed by atoms with Crippen molar-refractivity contribution < 1.29 is 28.3 Å². The van der Waals surface area contributed by atoms with Crippen LogP contribution in [0.3, 0.4) is 0 Å². The van der Waals surface area contributed by atoms with Crippen molar-refractivity contribution in [3.8, 4) is 0 Å². The number of carbonyl (C=O) groups is 4. The van der Waals surface area contributed by atoms with Gasteiger partial charge < -0.3 is 25.6 Å². The van der Waals surface area contributed by atoms with Gasteiger partial charge in [-0.1, -0.05) is 32.0 Å². The highest BCUT2D eigenvalue weighted by atomic mass is 32.2. The number of nitrogens with one attached hydrogen (secondary N) is 3. The summed E-state index contributed by atoms with van der Waals surface area (Å²) in [5.74, 6) is -1.04. The standard InChI is InChI=1S/C28H43FN4O5S/c1-18(2)23(25(35)30-17-20-9-7-8-10-21(20)29)32-24(34)19-11-14-33(15-12-19)26(36)22(13-16-39-6)31-27(37)38-28(3,4)5/h7-10,18-19,22-23H,11-17H2,1-6H3,(H,30,35)(H,31,37)(H,32,34)/t22-,23-/m0/s1. The van der Waals surface area contributed by atoms with Crippen LogP contribution in [0.1, 0.15) is 59.4 Å².